The van der Waals surface area contributed by atoms with Crippen molar-refractivity contribution in [2.45, 2.75) is 19.1 Å². The summed E-state index contributed by atoms with van der Waals surface area (Å²) in [6, 6.07) is 9.70. The van der Waals surface area contributed by atoms with Crippen molar-refractivity contribution in [3.05, 3.63) is 54.0 Å². The van der Waals surface area contributed by atoms with Gasteiger partial charge in [-0.2, -0.15) is 8.78 Å². The van der Waals surface area contributed by atoms with Gasteiger partial charge in [0.25, 0.3) is 0 Å². The summed E-state index contributed by atoms with van der Waals surface area (Å²) in [6.07, 6.45) is 1.98. The Morgan fingerprint density at radius 2 is 2.00 bits per heavy atom. The lowest BCUT2D eigenvalue weighted by molar-refractivity contribution is -0.0507. The van der Waals surface area contributed by atoms with Crippen molar-refractivity contribution in [2.75, 3.05) is 0 Å². The topological polar surface area (TPSA) is 60.4 Å². The summed E-state index contributed by atoms with van der Waals surface area (Å²) in [4.78, 5) is 0. The molecule has 0 aliphatic rings. The number of nitrogens with two attached hydrogens (primary N) is 1. The third-order valence-corrected chi connectivity index (χ3v) is 2.70. The highest BCUT2D eigenvalue weighted by molar-refractivity contribution is 5.36. The van der Waals surface area contributed by atoms with Crippen LogP contribution < -0.4 is 16.0 Å². The molecule has 0 aliphatic carbocycles. The van der Waals surface area contributed by atoms with Crippen molar-refractivity contribution in [3.8, 4) is 5.75 Å². The van der Waals surface area contributed by atoms with Crippen molar-refractivity contribution >= 4 is 0 Å². The van der Waals surface area contributed by atoms with Gasteiger partial charge in [-0.1, -0.05) is 18.2 Å². The maximum Gasteiger partial charge on any atom is 0.387 e. The molecule has 1 unspecified atom stereocenters. The van der Waals surface area contributed by atoms with E-state index in [0.29, 0.717) is 17.7 Å². The van der Waals surface area contributed by atoms with Gasteiger partial charge in [-0.05, 0) is 18.2 Å². The van der Waals surface area contributed by atoms with Gasteiger partial charge in [0.1, 0.15) is 11.5 Å². The van der Waals surface area contributed by atoms with Gasteiger partial charge >= 0.3 is 6.61 Å². The number of furan rings is 1. The van der Waals surface area contributed by atoms with Crippen molar-refractivity contribution in [2.24, 2.45) is 5.84 Å². The van der Waals surface area contributed by atoms with E-state index in [2.05, 4.69) is 10.2 Å². The molecule has 0 bridgehead atoms. The molecule has 2 aromatic rings. The highest BCUT2D eigenvalue weighted by atomic mass is 19.3. The summed E-state index contributed by atoms with van der Waals surface area (Å²) in [7, 11) is 0. The van der Waals surface area contributed by atoms with Crippen molar-refractivity contribution in [1.29, 1.82) is 0 Å². The van der Waals surface area contributed by atoms with E-state index in [1.54, 1.807) is 36.6 Å². The van der Waals surface area contributed by atoms with Crippen molar-refractivity contribution in [3.63, 3.8) is 0 Å². The first-order chi connectivity index (χ1) is 9.20. The van der Waals surface area contributed by atoms with E-state index in [1.807, 2.05) is 0 Å². The number of halogens is 2. The summed E-state index contributed by atoms with van der Waals surface area (Å²) >= 11 is 0. The fraction of sp³-hybridized carbons (Fsp3) is 0.231. The number of benzene rings is 1. The van der Waals surface area contributed by atoms with E-state index >= 15 is 0 Å². The highest BCUT2D eigenvalue weighted by Crippen LogP contribution is 2.28. The molecule has 0 amide bonds. The van der Waals surface area contributed by atoms with Gasteiger partial charge < -0.3 is 9.15 Å². The smallest absolute Gasteiger partial charge is 0.387 e. The standard InChI is InChI=1S/C13H14F2N2O2/c14-13(15)19-12-6-2-1-5-10(12)11(17-16)8-9-4-3-7-18-9/h1-7,11,13,17H,8,16H2. The summed E-state index contributed by atoms with van der Waals surface area (Å²) in [5, 5.41) is 0. The minimum atomic E-state index is -2.87. The number of rotatable bonds is 6. The lowest BCUT2D eigenvalue weighted by Gasteiger charge is -2.18. The van der Waals surface area contributed by atoms with Crippen LogP contribution in [0, 0.1) is 0 Å². The van der Waals surface area contributed by atoms with Crippen molar-refractivity contribution in [1.82, 2.24) is 5.43 Å². The number of hydrogen-bond acceptors (Lipinski definition) is 4. The largest absolute Gasteiger partial charge is 0.469 e. The van der Waals surface area contributed by atoms with Crippen LogP contribution in [-0.4, -0.2) is 6.61 Å². The summed E-state index contributed by atoms with van der Waals surface area (Å²) in [5.74, 6) is 6.29. The summed E-state index contributed by atoms with van der Waals surface area (Å²) < 4.78 is 34.4. The number of ether oxygens (including phenoxy) is 1. The monoisotopic (exact) mass is 268 g/mol. The number of alkyl halides is 2. The second-order valence-corrected chi connectivity index (χ2v) is 3.92. The van der Waals surface area contributed by atoms with E-state index in [-0.39, 0.29) is 11.8 Å². The summed E-state index contributed by atoms with van der Waals surface area (Å²) in [6.45, 7) is -2.87. The maximum atomic E-state index is 12.4. The van der Waals surface area contributed by atoms with E-state index < -0.39 is 6.61 Å². The van der Waals surface area contributed by atoms with Crippen LogP contribution in [0.5, 0.6) is 5.75 Å². The minimum absolute atomic E-state index is 0.104. The molecule has 0 saturated heterocycles. The molecule has 2 rings (SSSR count). The zero-order valence-corrected chi connectivity index (χ0v) is 10.1. The third-order valence-electron chi connectivity index (χ3n) is 2.70. The second kappa shape index (κ2) is 6.31. The third kappa shape index (κ3) is 3.52. The quantitative estimate of drug-likeness (QED) is 0.624. The van der Waals surface area contributed by atoms with Crippen LogP contribution >= 0.6 is 0 Å². The Balaban J connectivity index is 2.22. The Bertz CT molecular complexity index is 503. The van der Waals surface area contributed by atoms with Gasteiger partial charge in [-0.15, -0.1) is 0 Å². The Morgan fingerprint density at radius 3 is 2.63 bits per heavy atom. The number of nitrogens with one attached hydrogen (secondary N) is 1. The summed E-state index contributed by atoms with van der Waals surface area (Å²) in [5.41, 5.74) is 3.14. The van der Waals surface area contributed by atoms with E-state index in [4.69, 9.17) is 10.3 Å². The lowest BCUT2D eigenvalue weighted by atomic mass is 10.0. The molecule has 1 aromatic heterocycles. The zero-order chi connectivity index (χ0) is 13.7. The molecular weight excluding hydrogens is 254 g/mol. The predicted molar refractivity (Wildman–Crippen MR) is 65.6 cm³/mol. The molecule has 1 heterocycles. The molecule has 1 aromatic carbocycles. The van der Waals surface area contributed by atoms with Gasteiger partial charge in [0.05, 0.1) is 12.3 Å². The first kappa shape index (κ1) is 13.5. The normalized spacial score (nSPS) is 12.6. The minimum Gasteiger partial charge on any atom is -0.469 e. The Labute approximate surface area is 109 Å². The molecular formula is C13H14F2N2O2. The van der Waals surface area contributed by atoms with Crippen LogP contribution in [0.25, 0.3) is 0 Å². The average Bonchev–Trinajstić information content (AvgIpc) is 2.89. The van der Waals surface area contributed by atoms with Gasteiger partial charge in [-0.25, -0.2) is 0 Å². The SMILES string of the molecule is NNC(Cc1ccco1)c1ccccc1OC(F)F. The van der Waals surface area contributed by atoms with E-state index in [1.165, 1.54) is 6.07 Å². The first-order valence-corrected chi connectivity index (χ1v) is 5.73. The molecule has 0 aliphatic heterocycles. The molecule has 0 radical (unpaired) electrons. The molecule has 4 nitrogen and oxygen atoms in total. The fourth-order valence-corrected chi connectivity index (χ4v) is 1.86. The van der Waals surface area contributed by atoms with Crippen LogP contribution in [0.15, 0.2) is 47.1 Å². The molecule has 0 fully saturated rings. The van der Waals surface area contributed by atoms with E-state index in [0.717, 1.165) is 0 Å². The second-order valence-electron chi connectivity index (χ2n) is 3.92. The van der Waals surface area contributed by atoms with Crippen LogP contribution in [0.3, 0.4) is 0 Å². The lowest BCUT2D eigenvalue weighted by Crippen LogP contribution is -2.30. The number of hydrogen-bond donors (Lipinski definition) is 2. The molecule has 1 atom stereocenters. The molecule has 19 heavy (non-hydrogen) atoms. The highest BCUT2D eigenvalue weighted by Gasteiger charge is 2.18. The zero-order valence-electron chi connectivity index (χ0n) is 10.1. The van der Waals surface area contributed by atoms with Gasteiger partial charge in [0.15, 0.2) is 0 Å². The van der Waals surface area contributed by atoms with Gasteiger partial charge in [0, 0.05) is 12.0 Å². The van der Waals surface area contributed by atoms with Crippen LogP contribution in [0.4, 0.5) is 8.78 Å². The van der Waals surface area contributed by atoms with Gasteiger partial charge in [-0.3, -0.25) is 11.3 Å². The predicted octanol–water partition coefficient (Wildman–Crippen LogP) is 2.63. The molecule has 0 saturated carbocycles. The number of hydrazine groups is 1. The Hall–Kier alpha value is -1.92. The molecule has 3 N–H and O–H groups in total. The maximum absolute atomic E-state index is 12.4. The molecule has 102 valence electrons. The molecule has 0 spiro atoms. The van der Waals surface area contributed by atoms with Crippen LogP contribution in [0.2, 0.25) is 0 Å². The van der Waals surface area contributed by atoms with Crippen LogP contribution in [0.1, 0.15) is 17.4 Å². The Morgan fingerprint density at radius 1 is 1.21 bits per heavy atom. The van der Waals surface area contributed by atoms with Crippen LogP contribution in [-0.2, 0) is 6.42 Å². The number of para-hydroxylation sites is 1. The average molecular weight is 268 g/mol. The van der Waals surface area contributed by atoms with Crippen molar-refractivity contribution < 1.29 is 17.9 Å². The first-order valence-electron chi connectivity index (χ1n) is 5.73. The van der Waals surface area contributed by atoms with Gasteiger partial charge in [0.2, 0.25) is 0 Å². The van der Waals surface area contributed by atoms with E-state index in [9.17, 15) is 8.78 Å². The Kier molecular flexibility index (Phi) is 4.48. The molecule has 6 heteroatoms. The fourth-order valence-electron chi connectivity index (χ4n) is 1.86.